The molecule has 0 aliphatic carbocycles. The number of ether oxygens (including phenoxy) is 1. The summed E-state index contributed by atoms with van der Waals surface area (Å²) >= 11 is 0. The summed E-state index contributed by atoms with van der Waals surface area (Å²) < 4.78 is 5.76. The van der Waals surface area contributed by atoms with E-state index in [2.05, 4.69) is 10.6 Å². The van der Waals surface area contributed by atoms with Crippen LogP contribution in [-0.4, -0.2) is 42.0 Å². The molecular weight excluding hydrogens is 378 g/mol. The maximum atomic E-state index is 12.5. The molecule has 160 valence electrons. The van der Waals surface area contributed by atoms with Gasteiger partial charge < -0.3 is 20.3 Å². The quantitative estimate of drug-likeness (QED) is 0.767. The van der Waals surface area contributed by atoms with Crippen molar-refractivity contribution in [1.82, 2.24) is 15.5 Å². The van der Waals surface area contributed by atoms with Gasteiger partial charge in [0.05, 0.1) is 0 Å². The van der Waals surface area contributed by atoms with Gasteiger partial charge in [-0.3, -0.25) is 4.79 Å². The van der Waals surface area contributed by atoms with Crippen LogP contribution >= 0.6 is 0 Å². The molecule has 0 spiro atoms. The van der Waals surface area contributed by atoms with E-state index >= 15 is 0 Å². The van der Waals surface area contributed by atoms with Crippen molar-refractivity contribution in [2.24, 2.45) is 5.92 Å². The number of urea groups is 1. The lowest BCUT2D eigenvalue weighted by Gasteiger charge is -2.34. The number of piperidine rings is 1. The zero-order valence-corrected chi connectivity index (χ0v) is 18.0. The van der Waals surface area contributed by atoms with Crippen LogP contribution in [0, 0.1) is 5.92 Å². The van der Waals surface area contributed by atoms with Crippen molar-refractivity contribution in [2.45, 2.75) is 39.2 Å². The first-order valence-corrected chi connectivity index (χ1v) is 10.5. The summed E-state index contributed by atoms with van der Waals surface area (Å²) in [5.41, 5.74) is 0.376. The van der Waals surface area contributed by atoms with E-state index in [1.807, 2.05) is 56.0 Å². The topological polar surface area (TPSA) is 70.7 Å². The van der Waals surface area contributed by atoms with Crippen LogP contribution in [0.1, 0.15) is 44.0 Å². The first-order chi connectivity index (χ1) is 14.3. The number of hydrogen-bond acceptors (Lipinski definition) is 3. The lowest BCUT2D eigenvalue weighted by Crippen LogP contribution is -2.51. The highest BCUT2D eigenvalue weighted by Gasteiger charge is 2.25. The molecule has 0 unspecified atom stereocenters. The van der Waals surface area contributed by atoms with Gasteiger partial charge in [-0.15, -0.1) is 0 Å². The van der Waals surface area contributed by atoms with E-state index in [4.69, 9.17) is 4.74 Å². The normalized spacial score (nSPS) is 14.8. The van der Waals surface area contributed by atoms with Gasteiger partial charge in [-0.1, -0.05) is 18.2 Å². The molecule has 3 amide bonds. The second-order valence-electron chi connectivity index (χ2n) is 8.76. The predicted molar refractivity (Wildman–Crippen MR) is 118 cm³/mol. The van der Waals surface area contributed by atoms with Crippen molar-refractivity contribution in [2.75, 3.05) is 19.6 Å². The predicted octanol–water partition coefficient (Wildman–Crippen LogP) is 4.43. The average molecular weight is 410 g/mol. The van der Waals surface area contributed by atoms with E-state index in [0.717, 1.165) is 18.6 Å². The van der Waals surface area contributed by atoms with Crippen molar-refractivity contribution in [3.63, 3.8) is 0 Å². The van der Waals surface area contributed by atoms with Crippen LogP contribution in [0.4, 0.5) is 4.79 Å². The minimum atomic E-state index is -0.233. The second-order valence-corrected chi connectivity index (χ2v) is 8.76. The maximum Gasteiger partial charge on any atom is 0.317 e. The number of carbonyl (C=O) groups excluding carboxylic acids is 2. The SMILES string of the molecule is CC(C)(C)NC(=O)N1CCC(CNC(=O)c2ccc(Oc3ccccc3)cc2)CC1. The molecule has 1 aliphatic heterocycles. The standard InChI is InChI=1S/C24H31N3O3/c1-24(2,3)26-23(29)27-15-13-18(14-16-27)17-25-22(28)19-9-11-21(12-10-19)30-20-7-5-4-6-8-20/h4-12,18H,13-17H2,1-3H3,(H,25,28)(H,26,29). The molecule has 6 heteroatoms. The Hall–Kier alpha value is -3.02. The monoisotopic (exact) mass is 409 g/mol. The van der Waals surface area contributed by atoms with Gasteiger partial charge in [0.2, 0.25) is 0 Å². The molecule has 1 fully saturated rings. The van der Waals surface area contributed by atoms with Crippen molar-refractivity contribution >= 4 is 11.9 Å². The van der Waals surface area contributed by atoms with Gasteiger partial charge in [0.15, 0.2) is 0 Å². The smallest absolute Gasteiger partial charge is 0.317 e. The summed E-state index contributed by atoms with van der Waals surface area (Å²) in [5, 5.41) is 6.02. The van der Waals surface area contributed by atoms with E-state index in [1.165, 1.54) is 0 Å². The number of likely N-dealkylation sites (tertiary alicyclic amines) is 1. The van der Waals surface area contributed by atoms with E-state index in [9.17, 15) is 9.59 Å². The lowest BCUT2D eigenvalue weighted by molar-refractivity contribution is 0.0937. The minimum Gasteiger partial charge on any atom is -0.457 e. The molecular formula is C24H31N3O3. The summed E-state index contributed by atoms with van der Waals surface area (Å²) in [7, 11) is 0. The third kappa shape index (κ3) is 6.51. The Balaban J connectivity index is 1.42. The van der Waals surface area contributed by atoms with Crippen LogP contribution < -0.4 is 15.4 Å². The molecule has 3 rings (SSSR count). The molecule has 0 atom stereocenters. The number of para-hydroxylation sites is 1. The molecule has 0 aromatic heterocycles. The molecule has 1 aliphatic rings. The van der Waals surface area contributed by atoms with Crippen molar-refractivity contribution < 1.29 is 14.3 Å². The molecule has 2 N–H and O–H groups in total. The highest BCUT2D eigenvalue weighted by atomic mass is 16.5. The summed E-state index contributed by atoms with van der Waals surface area (Å²) in [6.07, 6.45) is 1.78. The fourth-order valence-corrected chi connectivity index (χ4v) is 3.38. The number of nitrogens with one attached hydrogen (secondary N) is 2. The Morgan fingerprint density at radius 3 is 2.17 bits per heavy atom. The van der Waals surface area contributed by atoms with Crippen molar-refractivity contribution in [3.8, 4) is 11.5 Å². The minimum absolute atomic E-state index is 0.0113. The summed E-state index contributed by atoms with van der Waals surface area (Å²) in [5.74, 6) is 1.75. The summed E-state index contributed by atoms with van der Waals surface area (Å²) in [6.45, 7) is 7.99. The van der Waals surface area contributed by atoms with E-state index in [0.29, 0.717) is 36.9 Å². The molecule has 30 heavy (non-hydrogen) atoms. The van der Waals surface area contributed by atoms with Gasteiger partial charge in [0.1, 0.15) is 11.5 Å². The molecule has 2 aromatic rings. The van der Waals surface area contributed by atoms with Crippen LogP contribution in [0.3, 0.4) is 0 Å². The zero-order chi connectivity index (χ0) is 21.6. The zero-order valence-electron chi connectivity index (χ0n) is 18.0. The summed E-state index contributed by atoms with van der Waals surface area (Å²) in [6, 6.07) is 16.7. The van der Waals surface area contributed by atoms with E-state index in [-0.39, 0.29) is 17.5 Å². The Morgan fingerprint density at radius 1 is 0.967 bits per heavy atom. The van der Waals surface area contributed by atoms with Crippen LogP contribution in [0.2, 0.25) is 0 Å². The Kier molecular flexibility index (Phi) is 6.98. The van der Waals surface area contributed by atoms with Gasteiger partial charge >= 0.3 is 6.03 Å². The molecule has 0 radical (unpaired) electrons. The highest BCUT2D eigenvalue weighted by Crippen LogP contribution is 2.21. The lowest BCUT2D eigenvalue weighted by atomic mass is 9.96. The highest BCUT2D eigenvalue weighted by molar-refractivity contribution is 5.94. The van der Waals surface area contributed by atoms with Crippen LogP contribution in [0.5, 0.6) is 11.5 Å². The Morgan fingerprint density at radius 2 is 1.57 bits per heavy atom. The van der Waals surface area contributed by atoms with Crippen molar-refractivity contribution in [1.29, 1.82) is 0 Å². The Bertz CT molecular complexity index is 836. The molecule has 6 nitrogen and oxygen atoms in total. The average Bonchev–Trinajstić information content (AvgIpc) is 2.72. The van der Waals surface area contributed by atoms with Crippen molar-refractivity contribution in [3.05, 3.63) is 60.2 Å². The summed E-state index contributed by atoms with van der Waals surface area (Å²) in [4.78, 5) is 26.6. The number of carbonyl (C=O) groups is 2. The fraction of sp³-hybridized carbons (Fsp3) is 0.417. The van der Waals surface area contributed by atoms with Gasteiger partial charge in [0, 0.05) is 30.7 Å². The first-order valence-electron chi connectivity index (χ1n) is 10.5. The molecule has 1 heterocycles. The Labute approximate surface area is 178 Å². The number of amides is 3. The molecule has 0 bridgehead atoms. The second kappa shape index (κ2) is 9.65. The van der Waals surface area contributed by atoms with Gasteiger partial charge in [0.25, 0.3) is 5.91 Å². The van der Waals surface area contributed by atoms with E-state index in [1.54, 1.807) is 24.3 Å². The largest absolute Gasteiger partial charge is 0.457 e. The number of benzene rings is 2. The third-order valence-electron chi connectivity index (χ3n) is 5.03. The number of hydrogen-bond donors (Lipinski definition) is 2. The number of rotatable bonds is 5. The van der Waals surface area contributed by atoms with Crippen LogP contribution in [-0.2, 0) is 0 Å². The third-order valence-corrected chi connectivity index (χ3v) is 5.03. The van der Waals surface area contributed by atoms with Gasteiger partial charge in [-0.25, -0.2) is 4.79 Å². The number of nitrogens with zero attached hydrogens (tertiary/aromatic N) is 1. The fourth-order valence-electron chi connectivity index (χ4n) is 3.38. The maximum absolute atomic E-state index is 12.5. The van der Waals surface area contributed by atoms with Crippen LogP contribution in [0.25, 0.3) is 0 Å². The first kappa shape index (κ1) is 21.7. The molecule has 0 saturated carbocycles. The van der Waals surface area contributed by atoms with Gasteiger partial charge in [-0.2, -0.15) is 0 Å². The molecule has 2 aromatic carbocycles. The van der Waals surface area contributed by atoms with Crippen LogP contribution in [0.15, 0.2) is 54.6 Å². The molecule has 1 saturated heterocycles. The van der Waals surface area contributed by atoms with E-state index < -0.39 is 0 Å². The van der Waals surface area contributed by atoms with Gasteiger partial charge in [-0.05, 0) is 75.9 Å².